The van der Waals surface area contributed by atoms with Crippen LogP contribution in [0.5, 0.6) is 0 Å². The fraction of sp³-hybridized carbons (Fsp3) is 0.478. The lowest BCUT2D eigenvalue weighted by atomic mass is 9.74. The Hall–Kier alpha value is -1.82. The van der Waals surface area contributed by atoms with Gasteiger partial charge in [-0.2, -0.15) is 0 Å². The number of halogens is 2. The minimum Gasteiger partial charge on any atom is -0.342 e. The van der Waals surface area contributed by atoms with Crippen molar-refractivity contribution in [1.29, 1.82) is 0 Å². The van der Waals surface area contributed by atoms with E-state index in [0.29, 0.717) is 21.5 Å². The molecule has 1 aliphatic carbocycles. The highest BCUT2D eigenvalue weighted by Crippen LogP contribution is 2.48. The number of hydrogen-bond donors (Lipinski definition) is 1. The van der Waals surface area contributed by atoms with Gasteiger partial charge in [-0.25, -0.2) is 9.97 Å². The van der Waals surface area contributed by atoms with Gasteiger partial charge in [0.1, 0.15) is 5.65 Å². The third kappa shape index (κ3) is 3.10. The molecule has 0 amide bonds. The van der Waals surface area contributed by atoms with Crippen molar-refractivity contribution >= 4 is 34.8 Å². The number of nitrogens with zero attached hydrogens (tertiary/aromatic N) is 4. The quantitative estimate of drug-likeness (QED) is 0.579. The average molecular weight is 444 g/mol. The summed E-state index contributed by atoms with van der Waals surface area (Å²) in [6, 6.07) is 6.00. The zero-order valence-electron chi connectivity index (χ0n) is 17.4. The molecule has 3 aromatic rings. The number of imidazole rings is 1. The summed E-state index contributed by atoms with van der Waals surface area (Å²) in [7, 11) is 0. The Labute approximate surface area is 187 Å². The molecular weight excluding hydrogens is 417 g/mol. The highest BCUT2D eigenvalue weighted by atomic mass is 35.5. The minimum absolute atomic E-state index is 0.299. The zero-order valence-corrected chi connectivity index (χ0v) is 18.9. The van der Waals surface area contributed by atoms with Crippen molar-refractivity contribution in [2.45, 2.75) is 45.6 Å². The molecule has 2 atom stereocenters. The number of benzene rings is 1. The summed E-state index contributed by atoms with van der Waals surface area (Å²) in [4.78, 5) is 12.0. The van der Waals surface area contributed by atoms with Crippen LogP contribution in [-0.4, -0.2) is 33.5 Å². The van der Waals surface area contributed by atoms with Gasteiger partial charge in [0.2, 0.25) is 5.95 Å². The van der Waals surface area contributed by atoms with Crippen molar-refractivity contribution in [3.63, 3.8) is 0 Å². The lowest BCUT2D eigenvalue weighted by molar-refractivity contribution is 0.192. The molecule has 30 heavy (non-hydrogen) atoms. The van der Waals surface area contributed by atoms with Crippen molar-refractivity contribution in [3.8, 4) is 11.1 Å². The molecule has 0 bridgehead atoms. The van der Waals surface area contributed by atoms with Gasteiger partial charge in [0.15, 0.2) is 0 Å². The van der Waals surface area contributed by atoms with Gasteiger partial charge >= 0.3 is 0 Å². The van der Waals surface area contributed by atoms with Crippen molar-refractivity contribution in [2.24, 2.45) is 17.1 Å². The van der Waals surface area contributed by atoms with Gasteiger partial charge < -0.3 is 10.6 Å². The Kier molecular flexibility index (Phi) is 4.96. The second-order valence-corrected chi connectivity index (χ2v) is 9.88. The Morgan fingerprint density at radius 3 is 2.67 bits per heavy atom. The molecule has 3 heterocycles. The number of fused-ring (bicyclic) bond motifs is 1. The summed E-state index contributed by atoms with van der Waals surface area (Å²) < 4.78 is 2.08. The van der Waals surface area contributed by atoms with Gasteiger partial charge in [-0.3, -0.25) is 4.40 Å². The van der Waals surface area contributed by atoms with Gasteiger partial charge in [-0.05, 0) is 50.0 Å². The van der Waals surface area contributed by atoms with E-state index >= 15 is 0 Å². The fourth-order valence-corrected chi connectivity index (χ4v) is 6.04. The van der Waals surface area contributed by atoms with Crippen LogP contribution in [-0.2, 0) is 0 Å². The van der Waals surface area contributed by atoms with Crippen LogP contribution in [0.15, 0.2) is 30.6 Å². The number of rotatable bonds is 2. The fourth-order valence-electron chi connectivity index (χ4n) is 5.65. The lowest BCUT2D eigenvalue weighted by Crippen LogP contribution is -2.47. The van der Waals surface area contributed by atoms with Gasteiger partial charge in [-0.15, -0.1) is 0 Å². The highest BCUT2D eigenvalue weighted by molar-refractivity contribution is 6.43. The van der Waals surface area contributed by atoms with Crippen LogP contribution >= 0.6 is 23.2 Å². The van der Waals surface area contributed by atoms with E-state index in [-0.39, 0.29) is 0 Å². The summed E-state index contributed by atoms with van der Waals surface area (Å²) in [5, 5.41) is 1.07. The molecule has 0 unspecified atom stereocenters. The molecule has 158 valence electrons. The van der Waals surface area contributed by atoms with Crippen molar-refractivity contribution in [3.05, 3.63) is 46.3 Å². The predicted octanol–water partition coefficient (Wildman–Crippen LogP) is 5.36. The lowest BCUT2D eigenvalue weighted by Gasteiger charge is -2.42. The summed E-state index contributed by atoms with van der Waals surface area (Å²) in [5.41, 5.74) is 10.4. The van der Waals surface area contributed by atoms with E-state index in [4.69, 9.17) is 33.9 Å². The standard InChI is InChI=1S/C23H27Cl2N5/c1-14-12-18(26)23(13-14)6-9-29(10-7-23)22-28-15(2)19(21-27-8-11-30(21)22)16-4-3-5-17(24)20(16)25/h3-5,8,11,14,18H,6-7,9-10,12-13,26H2,1-2H3/t14-,18-/m1/s1. The maximum atomic E-state index is 6.56. The number of nitrogens with two attached hydrogens (primary N) is 1. The number of piperidine rings is 1. The number of aromatic nitrogens is 3. The van der Waals surface area contributed by atoms with E-state index in [1.165, 1.54) is 6.42 Å². The maximum Gasteiger partial charge on any atom is 0.211 e. The summed E-state index contributed by atoms with van der Waals surface area (Å²) in [6.45, 7) is 6.29. The molecule has 2 aliphatic rings. The van der Waals surface area contributed by atoms with Crippen LogP contribution in [0.4, 0.5) is 5.95 Å². The molecule has 1 saturated carbocycles. The smallest absolute Gasteiger partial charge is 0.211 e. The Morgan fingerprint density at radius 2 is 1.97 bits per heavy atom. The number of hydrogen-bond acceptors (Lipinski definition) is 4. The molecule has 5 rings (SSSR count). The monoisotopic (exact) mass is 443 g/mol. The zero-order chi connectivity index (χ0) is 21.0. The summed E-state index contributed by atoms with van der Waals surface area (Å²) in [6.07, 6.45) is 8.45. The molecule has 0 radical (unpaired) electrons. The molecule has 1 spiro atoms. The van der Waals surface area contributed by atoms with E-state index in [2.05, 4.69) is 21.2 Å². The van der Waals surface area contributed by atoms with Gasteiger partial charge in [-0.1, -0.05) is 42.3 Å². The molecule has 1 aromatic carbocycles. The van der Waals surface area contributed by atoms with Crippen LogP contribution in [0.25, 0.3) is 16.8 Å². The SMILES string of the molecule is Cc1nc(N2CCC3(CC2)C[C@H](C)C[C@H]3N)n2ccnc2c1-c1cccc(Cl)c1Cl. The second kappa shape index (κ2) is 7.40. The normalized spacial score (nSPS) is 23.6. The van der Waals surface area contributed by atoms with Gasteiger partial charge in [0.25, 0.3) is 0 Å². The highest BCUT2D eigenvalue weighted by Gasteiger charge is 2.46. The Morgan fingerprint density at radius 1 is 1.20 bits per heavy atom. The summed E-state index contributed by atoms with van der Waals surface area (Å²) >= 11 is 12.8. The Bertz CT molecular complexity index is 1100. The maximum absolute atomic E-state index is 6.56. The van der Waals surface area contributed by atoms with Crippen molar-refractivity contribution in [1.82, 2.24) is 14.4 Å². The van der Waals surface area contributed by atoms with Crippen LogP contribution in [0.3, 0.4) is 0 Å². The predicted molar refractivity (Wildman–Crippen MR) is 123 cm³/mol. The Balaban J connectivity index is 1.52. The van der Waals surface area contributed by atoms with E-state index in [1.54, 1.807) is 6.07 Å². The van der Waals surface area contributed by atoms with E-state index in [9.17, 15) is 0 Å². The molecule has 7 heteroatoms. The van der Waals surface area contributed by atoms with Crippen molar-refractivity contribution < 1.29 is 0 Å². The third-order valence-electron chi connectivity index (χ3n) is 7.17. The molecule has 2 fully saturated rings. The molecule has 2 N–H and O–H groups in total. The van der Waals surface area contributed by atoms with E-state index in [1.807, 2.05) is 31.5 Å². The van der Waals surface area contributed by atoms with E-state index < -0.39 is 0 Å². The van der Waals surface area contributed by atoms with Gasteiger partial charge in [0, 0.05) is 42.7 Å². The van der Waals surface area contributed by atoms with E-state index in [0.717, 1.165) is 66.7 Å². The van der Waals surface area contributed by atoms with Crippen molar-refractivity contribution in [2.75, 3.05) is 18.0 Å². The third-order valence-corrected chi connectivity index (χ3v) is 7.99. The second-order valence-electron chi connectivity index (χ2n) is 9.10. The first kappa shape index (κ1) is 20.1. The molecular formula is C23H27Cl2N5. The largest absolute Gasteiger partial charge is 0.342 e. The van der Waals surface area contributed by atoms with Gasteiger partial charge in [0.05, 0.1) is 15.7 Å². The molecule has 5 nitrogen and oxygen atoms in total. The van der Waals surface area contributed by atoms with Crippen LogP contribution in [0.1, 0.15) is 38.3 Å². The average Bonchev–Trinajstić information content (AvgIpc) is 3.29. The number of anilines is 1. The van der Waals surface area contributed by atoms with Crippen LogP contribution < -0.4 is 10.6 Å². The molecule has 1 saturated heterocycles. The van der Waals surface area contributed by atoms with Crippen LogP contribution in [0.2, 0.25) is 10.0 Å². The topological polar surface area (TPSA) is 59.5 Å². The first-order valence-corrected chi connectivity index (χ1v) is 11.4. The minimum atomic E-state index is 0.299. The molecule has 2 aromatic heterocycles. The molecule has 1 aliphatic heterocycles. The summed E-state index contributed by atoms with van der Waals surface area (Å²) in [5.74, 6) is 1.67. The number of aryl methyl sites for hydroxylation is 1. The first-order valence-electron chi connectivity index (χ1n) is 10.7. The first-order chi connectivity index (χ1) is 14.4. The van der Waals surface area contributed by atoms with Crippen LogP contribution in [0, 0.1) is 18.3 Å².